The second-order valence-electron chi connectivity index (χ2n) is 5.25. The first-order valence-electron chi connectivity index (χ1n) is 6.79. The number of carbonyl (C=O) groups excluding carboxylic acids is 1. The van der Waals surface area contributed by atoms with Crippen LogP contribution in [0.15, 0.2) is 53.0 Å². The summed E-state index contributed by atoms with van der Waals surface area (Å²) in [5.41, 5.74) is 3.39. The monoisotopic (exact) mass is 329 g/mol. The molecule has 0 spiro atoms. The first-order chi connectivity index (χ1) is 9.65. The lowest BCUT2D eigenvalue weighted by Crippen LogP contribution is -2.36. The smallest absolute Gasteiger partial charge is 0.231 e. The number of nitrogens with zero attached hydrogens (tertiary/aromatic N) is 1. The molecule has 3 heteroatoms. The third kappa shape index (κ3) is 2.50. The van der Waals surface area contributed by atoms with E-state index in [-0.39, 0.29) is 11.9 Å². The van der Waals surface area contributed by atoms with Gasteiger partial charge in [0.15, 0.2) is 0 Å². The van der Waals surface area contributed by atoms with Crippen molar-refractivity contribution < 1.29 is 4.79 Å². The van der Waals surface area contributed by atoms with E-state index in [2.05, 4.69) is 28.9 Å². The molecule has 1 atom stereocenters. The van der Waals surface area contributed by atoms with Crippen LogP contribution in [0, 0.1) is 0 Å². The van der Waals surface area contributed by atoms with Crippen molar-refractivity contribution in [3.05, 3.63) is 64.1 Å². The van der Waals surface area contributed by atoms with Gasteiger partial charge in [-0.15, -0.1) is 0 Å². The van der Waals surface area contributed by atoms with E-state index < -0.39 is 0 Å². The third-order valence-electron chi connectivity index (χ3n) is 3.74. The quantitative estimate of drug-likeness (QED) is 0.816. The SMILES string of the molecule is C[C@H]1Cc2ccccc2N1C(=O)Cc1ccc(Br)cc1. The average molecular weight is 330 g/mol. The Labute approximate surface area is 127 Å². The highest BCUT2D eigenvalue weighted by Crippen LogP contribution is 2.32. The Morgan fingerprint density at radius 3 is 2.65 bits per heavy atom. The molecule has 0 radical (unpaired) electrons. The van der Waals surface area contributed by atoms with Gasteiger partial charge >= 0.3 is 0 Å². The molecular weight excluding hydrogens is 314 g/mol. The first kappa shape index (κ1) is 13.4. The third-order valence-corrected chi connectivity index (χ3v) is 4.27. The van der Waals surface area contributed by atoms with Gasteiger partial charge in [-0.2, -0.15) is 0 Å². The minimum Gasteiger partial charge on any atom is -0.309 e. The van der Waals surface area contributed by atoms with Crippen molar-refractivity contribution in [2.24, 2.45) is 0 Å². The summed E-state index contributed by atoms with van der Waals surface area (Å²) in [6.07, 6.45) is 1.40. The summed E-state index contributed by atoms with van der Waals surface area (Å²) in [5, 5.41) is 0. The molecule has 0 unspecified atom stereocenters. The lowest BCUT2D eigenvalue weighted by Gasteiger charge is -2.22. The van der Waals surface area contributed by atoms with E-state index in [1.807, 2.05) is 47.4 Å². The standard InChI is InChI=1S/C17H16BrNO/c1-12-10-14-4-2-3-5-16(14)19(12)17(20)11-13-6-8-15(18)9-7-13/h2-9,12H,10-11H2,1H3/t12-/m0/s1. The molecule has 2 aromatic rings. The predicted molar refractivity (Wildman–Crippen MR) is 84.9 cm³/mol. The molecule has 1 amide bonds. The number of anilines is 1. The van der Waals surface area contributed by atoms with Crippen molar-refractivity contribution in [1.29, 1.82) is 0 Å². The first-order valence-corrected chi connectivity index (χ1v) is 7.59. The maximum atomic E-state index is 12.6. The second-order valence-corrected chi connectivity index (χ2v) is 6.16. The van der Waals surface area contributed by atoms with Crippen molar-refractivity contribution in [1.82, 2.24) is 0 Å². The molecule has 2 aromatic carbocycles. The maximum absolute atomic E-state index is 12.6. The van der Waals surface area contributed by atoms with Crippen LogP contribution in [0.5, 0.6) is 0 Å². The highest BCUT2D eigenvalue weighted by atomic mass is 79.9. The minimum absolute atomic E-state index is 0.171. The van der Waals surface area contributed by atoms with Crippen molar-refractivity contribution in [3.63, 3.8) is 0 Å². The van der Waals surface area contributed by atoms with Crippen LogP contribution in [0.3, 0.4) is 0 Å². The normalized spacial score (nSPS) is 17.1. The summed E-state index contributed by atoms with van der Waals surface area (Å²) in [5.74, 6) is 0.171. The average Bonchev–Trinajstić information content (AvgIpc) is 2.77. The molecule has 3 rings (SSSR count). The molecule has 1 aliphatic rings. The number of hydrogen-bond acceptors (Lipinski definition) is 1. The Hall–Kier alpha value is -1.61. The van der Waals surface area contributed by atoms with Gasteiger partial charge in [-0.3, -0.25) is 4.79 Å². The molecule has 20 heavy (non-hydrogen) atoms. The van der Waals surface area contributed by atoms with Crippen LogP contribution in [0.4, 0.5) is 5.69 Å². The van der Waals surface area contributed by atoms with Crippen molar-refractivity contribution in [2.75, 3.05) is 4.90 Å². The van der Waals surface area contributed by atoms with Gasteiger partial charge in [-0.05, 0) is 42.7 Å². The topological polar surface area (TPSA) is 20.3 Å². The van der Waals surface area contributed by atoms with E-state index in [1.165, 1.54) is 5.56 Å². The number of rotatable bonds is 2. The Kier molecular flexibility index (Phi) is 3.62. The van der Waals surface area contributed by atoms with Gasteiger partial charge < -0.3 is 4.90 Å². The Morgan fingerprint density at radius 1 is 1.20 bits per heavy atom. The lowest BCUT2D eigenvalue weighted by atomic mass is 10.1. The van der Waals surface area contributed by atoms with Crippen LogP contribution in [-0.2, 0) is 17.6 Å². The van der Waals surface area contributed by atoms with Crippen molar-refractivity contribution in [3.8, 4) is 0 Å². The molecular formula is C17H16BrNO. The zero-order valence-electron chi connectivity index (χ0n) is 11.3. The predicted octanol–water partition coefficient (Wildman–Crippen LogP) is 3.97. The van der Waals surface area contributed by atoms with Crippen LogP contribution in [0.2, 0.25) is 0 Å². The largest absolute Gasteiger partial charge is 0.309 e. The fourth-order valence-electron chi connectivity index (χ4n) is 2.81. The van der Waals surface area contributed by atoms with Crippen LogP contribution < -0.4 is 4.90 Å². The molecule has 1 aliphatic heterocycles. The van der Waals surface area contributed by atoms with E-state index in [0.717, 1.165) is 22.1 Å². The summed E-state index contributed by atoms with van der Waals surface area (Å²) in [4.78, 5) is 14.5. The zero-order valence-corrected chi connectivity index (χ0v) is 12.9. The van der Waals surface area contributed by atoms with Crippen LogP contribution >= 0.6 is 15.9 Å². The number of amides is 1. The number of fused-ring (bicyclic) bond motifs is 1. The van der Waals surface area contributed by atoms with Crippen LogP contribution in [-0.4, -0.2) is 11.9 Å². The van der Waals surface area contributed by atoms with Gasteiger partial charge in [-0.1, -0.05) is 46.3 Å². The van der Waals surface area contributed by atoms with Crippen molar-refractivity contribution >= 4 is 27.5 Å². The molecule has 0 saturated heterocycles. The second kappa shape index (κ2) is 5.41. The van der Waals surface area contributed by atoms with Gasteiger partial charge in [0.2, 0.25) is 5.91 Å². The number of carbonyl (C=O) groups is 1. The molecule has 0 fully saturated rings. The lowest BCUT2D eigenvalue weighted by molar-refractivity contribution is -0.118. The number of benzene rings is 2. The molecule has 0 saturated carbocycles. The highest BCUT2D eigenvalue weighted by molar-refractivity contribution is 9.10. The van der Waals surface area contributed by atoms with Gasteiger partial charge in [0, 0.05) is 16.2 Å². The molecule has 102 valence electrons. The summed E-state index contributed by atoms with van der Waals surface area (Å²) < 4.78 is 1.04. The van der Waals surface area contributed by atoms with E-state index in [9.17, 15) is 4.79 Å². The number of hydrogen-bond donors (Lipinski definition) is 0. The summed E-state index contributed by atoms with van der Waals surface area (Å²) in [6.45, 7) is 2.11. The molecule has 1 heterocycles. The molecule has 2 nitrogen and oxygen atoms in total. The Bertz CT molecular complexity index is 636. The molecule has 0 aliphatic carbocycles. The van der Waals surface area contributed by atoms with E-state index in [4.69, 9.17) is 0 Å². The summed E-state index contributed by atoms with van der Waals surface area (Å²) in [6, 6.07) is 16.4. The fraction of sp³-hybridized carbons (Fsp3) is 0.235. The van der Waals surface area contributed by atoms with Gasteiger partial charge in [0.25, 0.3) is 0 Å². The molecule has 0 N–H and O–H groups in total. The molecule has 0 bridgehead atoms. The number of para-hydroxylation sites is 1. The van der Waals surface area contributed by atoms with Gasteiger partial charge in [-0.25, -0.2) is 0 Å². The highest BCUT2D eigenvalue weighted by Gasteiger charge is 2.30. The van der Waals surface area contributed by atoms with E-state index >= 15 is 0 Å². The minimum atomic E-state index is 0.171. The Balaban J connectivity index is 1.82. The van der Waals surface area contributed by atoms with E-state index in [0.29, 0.717) is 6.42 Å². The zero-order chi connectivity index (χ0) is 14.1. The van der Waals surface area contributed by atoms with E-state index in [1.54, 1.807) is 0 Å². The van der Waals surface area contributed by atoms with Crippen LogP contribution in [0.1, 0.15) is 18.1 Å². The van der Waals surface area contributed by atoms with Crippen molar-refractivity contribution in [2.45, 2.75) is 25.8 Å². The molecule has 0 aromatic heterocycles. The summed E-state index contributed by atoms with van der Waals surface area (Å²) in [7, 11) is 0. The Morgan fingerprint density at radius 2 is 1.90 bits per heavy atom. The summed E-state index contributed by atoms with van der Waals surface area (Å²) >= 11 is 3.41. The maximum Gasteiger partial charge on any atom is 0.231 e. The van der Waals surface area contributed by atoms with Gasteiger partial charge in [0.1, 0.15) is 0 Å². The fourth-order valence-corrected chi connectivity index (χ4v) is 3.07. The number of halogens is 1. The van der Waals surface area contributed by atoms with Crippen LogP contribution in [0.25, 0.3) is 0 Å². The van der Waals surface area contributed by atoms with Gasteiger partial charge in [0.05, 0.1) is 6.42 Å².